The summed E-state index contributed by atoms with van der Waals surface area (Å²) in [5.74, 6) is -0.799. The van der Waals surface area contributed by atoms with Crippen LogP contribution in [0.25, 0.3) is 5.70 Å². The van der Waals surface area contributed by atoms with Crippen molar-refractivity contribution in [2.75, 3.05) is 19.0 Å². The fourth-order valence-electron chi connectivity index (χ4n) is 3.71. The summed E-state index contributed by atoms with van der Waals surface area (Å²) in [4.78, 5) is 15.0. The fourth-order valence-corrected chi connectivity index (χ4v) is 5.91. The Morgan fingerprint density at radius 3 is 1.89 bits per heavy atom. The average molecular weight is 513 g/mol. The van der Waals surface area contributed by atoms with Crippen LogP contribution in [-0.2, 0) is 24.3 Å². The van der Waals surface area contributed by atoms with Gasteiger partial charge in [0.15, 0.2) is 0 Å². The number of fused-ring (bicyclic) bond motifs is 1. The van der Waals surface area contributed by atoms with Gasteiger partial charge in [0, 0.05) is 25.3 Å². The summed E-state index contributed by atoms with van der Waals surface area (Å²) >= 11 is 0. The maximum atomic E-state index is 13.6. The Balaban J connectivity index is 1.88. The molecule has 4 rings (SSSR count). The van der Waals surface area contributed by atoms with Gasteiger partial charge >= 0.3 is 10.1 Å². The second kappa shape index (κ2) is 8.86. The van der Waals surface area contributed by atoms with Gasteiger partial charge < -0.3 is 9.08 Å². The molecule has 0 aromatic heterocycles. The average Bonchev–Trinajstić information content (AvgIpc) is 3.10. The smallest absolute Gasteiger partial charge is 0.338 e. The van der Waals surface area contributed by atoms with Crippen LogP contribution in [0, 0.1) is 13.8 Å². The van der Waals surface area contributed by atoms with Crippen molar-refractivity contribution in [3.05, 3.63) is 95.2 Å². The molecule has 0 saturated heterocycles. The Morgan fingerprint density at radius 2 is 1.34 bits per heavy atom. The summed E-state index contributed by atoms with van der Waals surface area (Å²) in [6, 6.07) is 16.9. The third-order valence-corrected chi connectivity index (χ3v) is 8.48. The summed E-state index contributed by atoms with van der Waals surface area (Å²) in [6.45, 7) is 3.63. The summed E-state index contributed by atoms with van der Waals surface area (Å²) in [5.41, 5.74) is 2.39. The minimum absolute atomic E-state index is 0.0977. The largest absolute Gasteiger partial charge is 0.385 e. The van der Waals surface area contributed by atoms with Crippen LogP contribution in [0.2, 0.25) is 0 Å². The normalized spacial score (nSPS) is 14.8. The van der Waals surface area contributed by atoms with Crippen molar-refractivity contribution in [3.8, 4) is 0 Å². The Kier molecular flexibility index (Phi) is 6.20. The van der Waals surface area contributed by atoms with E-state index in [0.29, 0.717) is 9.99 Å². The van der Waals surface area contributed by atoms with E-state index in [2.05, 4.69) is 0 Å². The van der Waals surface area contributed by atoms with Crippen LogP contribution in [0.1, 0.15) is 27.0 Å². The molecule has 0 radical (unpaired) electrons. The van der Waals surface area contributed by atoms with E-state index in [9.17, 15) is 21.6 Å². The summed E-state index contributed by atoms with van der Waals surface area (Å²) < 4.78 is 58.6. The standard InChI is InChI=1S/C25H24N2O6S2/c1-17-8-12-19(13-9-17)34(29,30)27-23(16-33-35(31,32)20-14-10-18(2)11-15-20)21-6-5-7-22(26(3)4)24(21)25(27)28/h5-16H,1-4H3/b23-16+. The number of carbonyl (C=O) groups is 1. The Bertz CT molecular complexity index is 1540. The number of hydrogen-bond acceptors (Lipinski definition) is 7. The van der Waals surface area contributed by atoms with E-state index in [4.69, 9.17) is 4.18 Å². The lowest BCUT2D eigenvalue weighted by atomic mass is 10.1. The molecule has 0 saturated carbocycles. The van der Waals surface area contributed by atoms with Crippen LogP contribution >= 0.6 is 0 Å². The molecular weight excluding hydrogens is 488 g/mol. The monoisotopic (exact) mass is 512 g/mol. The topological polar surface area (TPSA) is 101 Å². The number of rotatable bonds is 6. The Labute approximate surface area is 205 Å². The molecular formula is C25H24N2O6S2. The number of benzene rings is 3. The molecule has 0 atom stereocenters. The maximum absolute atomic E-state index is 13.6. The summed E-state index contributed by atoms with van der Waals surface area (Å²) in [5, 5.41) is 0. The van der Waals surface area contributed by atoms with E-state index in [1.807, 2.05) is 13.8 Å². The zero-order valence-corrected chi connectivity index (χ0v) is 21.2. The first kappa shape index (κ1) is 24.5. The minimum atomic E-state index is -4.38. The van der Waals surface area contributed by atoms with Gasteiger partial charge in [0.25, 0.3) is 15.9 Å². The van der Waals surface area contributed by atoms with Crippen LogP contribution in [0.15, 0.2) is 82.8 Å². The third kappa shape index (κ3) is 4.42. The number of anilines is 1. The van der Waals surface area contributed by atoms with E-state index in [1.54, 1.807) is 61.5 Å². The van der Waals surface area contributed by atoms with E-state index in [1.165, 1.54) is 24.3 Å². The molecule has 0 unspecified atom stereocenters. The molecule has 3 aromatic rings. The van der Waals surface area contributed by atoms with Crippen LogP contribution < -0.4 is 4.90 Å². The first-order valence-corrected chi connectivity index (χ1v) is 13.5. The van der Waals surface area contributed by atoms with Gasteiger partial charge in [0.1, 0.15) is 16.9 Å². The van der Waals surface area contributed by atoms with Crippen molar-refractivity contribution in [1.29, 1.82) is 0 Å². The van der Waals surface area contributed by atoms with Gasteiger partial charge in [-0.05, 0) is 44.2 Å². The molecule has 1 heterocycles. The van der Waals surface area contributed by atoms with E-state index < -0.39 is 26.0 Å². The van der Waals surface area contributed by atoms with Crippen LogP contribution in [0.3, 0.4) is 0 Å². The third-order valence-electron chi connectivity index (χ3n) is 5.57. The second-order valence-corrected chi connectivity index (χ2v) is 11.7. The van der Waals surface area contributed by atoms with Crippen molar-refractivity contribution in [3.63, 3.8) is 0 Å². The summed E-state index contributed by atoms with van der Waals surface area (Å²) in [6.07, 6.45) is 0.810. The number of aryl methyl sites for hydroxylation is 2. The van der Waals surface area contributed by atoms with Gasteiger partial charge in [-0.2, -0.15) is 12.7 Å². The van der Waals surface area contributed by atoms with Gasteiger partial charge in [0.05, 0.1) is 10.5 Å². The second-order valence-electron chi connectivity index (χ2n) is 8.35. The van der Waals surface area contributed by atoms with E-state index in [0.717, 1.165) is 17.4 Å². The molecule has 1 aliphatic heterocycles. The molecule has 0 N–H and O–H groups in total. The van der Waals surface area contributed by atoms with Crippen molar-refractivity contribution in [1.82, 2.24) is 4.31 Å². The molecule has 3 aromatic carbocycles. The predicted molar refractivity (Wildman–Crippen MR) is 133 cm³/mol. The lowest BCUT2D eigenvalue weighted by molar-refractivity contribution is 0.0916. The number of carbonyl (C=O) groups excluding carboxylic acids is 1. The maximum Gasteiger partial charge on any atom is 0.338 e. The predicted octanol–water partition coefficient (Wildman–Crippen LogP) is 3.92. The zero-order chi connectivity index (χ0) is 25.5. The minimum Gasteiger partial charge on any atom is -0.385 e. The lowest BCUT2D eigenvalue weighted by Gasteiger charge is -2.19. The number of amides is 1. The molecule has 0 spiro atoms. The Hall–Kier alpha value is -3.63. The Morgan fingerprint density at radius 1 is 0.800 bits per heavy atom. The molecule has 1 amide bonds. The van der Waals surface area contributed by atoms with Gasteiger partial charge in [-0.3, -0.25) is 4.79 Å². The van der Waals surface area contributed by atoms with Crippen LogP contribution in [-0.4, -0.2) is 41.1 Å². The number of sulfonamides is 1. The summed E-state index contributed by atoms with van der Waals surface area (Å²) in [7, 11) is -5.20. The van der Waals surface area contributed by atoms with Gasteiger partial charge in [-0.1, -0.05) is 47.5 Å². The molecule has 1 aliphatic rings. The van der Waals surface area contributed by atoms with Crippen molar-refractivity contribution in [2.24, 2.45) is 0 Å². The molecule has 10 heteroatoms. The quantitative estimate of drug-likeness (QED) is 0.364. The molecule has 0 bridgehead atoms. The first-order valence-electron chi connectivity index (χ1n) is 10.6. The van der Waals surface area contributed by atoms with Gasteiger partial charge in [0.2, 0.25) is 0 Å². The van der Waals surface area contributed by atoms with Crippen molar-refractivity contribution >= 4 is 37.4 Å². The molecule has 8 nitrogen and oxygen atoms in total. The van der Waals surface area contributed by atoms with Crippen molar-refractivity contribution in [2.45, 2.75) is 23.6 Å². The zero-order valence-electron chi connectivity index (χ0n) is 19.6. The van der Waals surface area contributed by atoms with E-state index in [-0.39, 0.29) is 26.6 Å². The number of hydrogen-bond donors (Lipinski definition) is 0. The highest BCUT2D eigenvalue weighted by molar-refractivity contribution is 7.90. The highest BCUT2D eigenvalue weighted by Crippen LogP contribution is 2.41. The van der Waals surface area contributed by atoms with Gasteiger partial charge in [-0.25, -0.2) is 8.42 Å². The molecule has 0 fully saturated rings. The first-order chi connectivity index (χ1) is 16.4. The van der Waals surface area contributed by atoms with E-state index >= 15 is 0 Å². The fraction of sp³-hybridized carbons (Fsp3) is 0.160. The highest BCUT2D eigenvalue weighted by Gasteiger charge is 2.43. The molecule has 0 aliphatic carbocycles. The van der Waals surface area contributed by atoms with Crippen molar-refractivity contribution < 1.29 is 25.8 Å². The van der Waals surface area contributed by atoms with Crippen LogP contribution in [0.4, 0.5) is 5.69 Å². The molecule has 35 heavy (non-hydrogen) atoms. The SMILES string of the molecule is Cc1ccc(S(=O)(=O)O/C=C2\c3cccc(N(C)C)c3C(=O)N2S(=O)(=O)c2ccc(C)cc2)cc1. The number of nitrogens with zero attached hydrogens (tertiary/aromatic N) is 2. The molecule has 182 valence electrons. The highest BCUT2D eigenvalue weighted by atomic mass is 32.2. The lowest BCUT2D eigenvalue weighted by Crippen LogP contribution is -2.31. The van der Waals surface area contributed by atoms with Gasteiger partial charge in [-0.15, -0.1) is 0 Å². The van der Waals surface area contributed by atoms with Crippen LogP contribution in [0.5, 0.6) is 0 Å².